The van der Waals surface area contributed by atoms with Crippen LogP contribution in [0, 0.1) is 0 Å². The molecule has 0 saturated carbocycles. The van der Waals surface area contributed by atoms with Crippen molar-refractivity contribution in [2.24, 2.45) is 0 Å². The van der Waals surface area contributed by atoms with Crippen molar-refractivity contribution in [3.8, 4) is 0 Å². The van der Waals surface area contributed by atoms with Gasteiger partial charge in [0.05, 0.1) is 0 Å². The van der Waals surface area contributed by atoms with Crippen LogP contribution >= 0.6 is 7.92 Å². The van der Waals surface area contributed by atoms with E-state index >= 15 is 0 Å². The van der Waals surface area contributed by atoms with Gasteiger partial charge in [-0.2, -0.15) is 0 Å². The third kappa shape index (κ3) is 27.5. The molecule has 0 aliphatic carbocycles. The van der Waals surface area contributed by atoms with E-state index in [0.29, 0.717) is 7.92 Å². The molecule has 0 atom stereocenters. The Morgan fingerprint density at radius 1 is 0.333 bits per heavy atom. The molecule has 0 aliphatic heterocycles. The first kappa shape index (κ1) is 33.1. The predicted octanol–water partition coefficient (Wildman–Crippen LogP) is 7.72. The number of hydrogen-bond donors (Lipinski definition) is 0. The average molecular weight is 533 g/mol. The van der Waals surface area contributed by atoms with Gasteiger partial charge in [-0.25, -0.2) is 0 Å². The molecule has 0 spiro atoms. The maximum atomic E-state index is 2.32. The quantitative estimate of drug-likeness (QED) is 0.0807. The second kappa shape index (κ2) is 29.7. The first-order valence-corrected chi connectivity index (χ1v) is 14.0. The zero-order valence-corrected chi connectivity index (χ0v) is 24.4. The Bertz CT molecular complexity index is 198. The van der Waals surface area contributed by atoms with Crippen LogP contribution in [0.3, 0.4) is 0 Å². The zero-order valence-electron chi connectivity index (χ0n) is 19.3. The van der Waals surface area contributed by atoms with Crippen LogP contribution in [0.2, 0.25) is 0 Å². The minimum absolute atomic E-state index is 0. The molecule has 0 radical (unpaired) electrons. The summed E-state index contributed by atoms with van der Waals surface area (Å²) in [6.45, 7) is 6.96. The van der Waals surface area contributed by atoms with E-state index in [1.165, 1.54) is 116 Å². The van der Waals surface area contributed by atoms with E-state index in [1.54, 1.807) is 18.5 Å². The molecule has 0 unspecified atom stereocenters. The van der Waals surface area contributed by atoms with Crippen LogP contribution in [0.4, 0.5) is 0 Å². The van der Waals surface area contributed by atoms with Crippen LogP contribution < -0.4 is 0 Å². The molecule has 0 rings (SSSR count). The molecule has 0 saturated heterocycles. The molecular weight excluding hydrogens is 477 g/mol. The van der Waals surface area contributed by atoms with Gasteiger partial charge in [0, 0.05) is 0 Å². The second-order valence-corrected chi connectivity index (χ2v) is 10.8. The van der Waals surface area contributed by atoms with Gasteiger partial charge in [0.1, 0.15) is 0 Å². The molecule has 0 aromatic carbocycles. The average Bonchev–Trinajstić information content (AvgIpc) is 2.63. The Morgan fingerprint density at radius 2 is 0.556 bits per heavy atom. The van der Waals surface area contributed by atoms with E-state index < -0.39 is 0 Å². The second-order valence-electron chi connectivity index (χ2n) is 8.14. The van der Waals surface area contributed by atoms with E-state index in [-0.39, 0.29) is 34.1 Å². The fourth-order valence-electron chi connectivity index (χ4n) is 3.68. The molecular formula is C24H55PSe2. The van der Waals surface area contributed by atoms with E-state index in [4.69, 9.17) is 0 Å². The van der Waals surface area contributed by atoms with Crippen molar-refractivity contribution in [3.05, 3.63) is 0 Å². The van der Waals surface area contributed by atoms with E-state index in [9.17, 15) is 0 Å². The van der Waals surface area contributed by atoms with Gasteiger partial charge < -0.3 is 0 Å². The molecule has 3 heteroatoms. The summed E-state index contributed by atoms with van der Waals surface area (Å²) >= 11 is 0. The van der Waals surface area contributed by atoms with E-state index in [2.05, 4.69) is 20.8 Å². The summed E-state index contributed by atoms with van der Waals surface area (Å²) in [7, 11) is 0.366. The van der Waals surface area contributed by atoms with Crippen molar-refractivity contribution in [3.63, 3.8) is 0 Å². The van der Waals surface area contributed by atoms with Gasteiger partial charge in [0.2, 0.25) is 0 Å². The van der Waals surface area contributed by atoms with Crippen molar-refractivity contribution in [1.29, 1.82) is 0 Å². The maximum absolute atomic E-state index is 2.32. The van der Waals surface area contributed by atoms with Crippen molar-refractivity contribution in [2.45, 2.75) is 136 Å². The summed E-state index contributed by atoms with van der Waals surface area (Å²) in [5.41, 5.74) is 0. The number of unbranched alkanes of at least 4 members (excludes halogenated alkanes) is 15. The molecule has 0 bridgehead atoms. The molecule has 0 nitrogen and oxygen atoms in total. The third-order valence-electron chi connectivity index (χ3n) is 5.48. The molecule has 0 aromatic heterocycles. The number of hydrogen-bond acceptors (Lipinski definition) is 0. The zero-order chi connectivity index (χ0) is 18.4. The van der Waals surface area contributed by atoms with Crippen LogP contribution in [0.1, 0.15) is 136 Å². The van der Waals surface area contributed by atoms with Gasteiger partial charge in [-0.3, -0.25) is 0 Å². The fraction of sp³-hybridized carbons (Fsp3) is 1.00. The van der Waals surface area contributed by atoms with Crippen molar-refractivity contribution >= 4 is 42.1 Å². The Hall–Kier alpha value is 1.47. The van der Waals surface area contributed by atoms with Crippen LogP contribution in [-0.4, -0.2) is 52.6 Å². The van der Waals surface area contributed by atoms with Crippen LogP contribution in [-0.2, 0) is 0 Å². The molecule has 27 heavy (non-hydrogen) atoms. The van der Waals surface area contributed by atoms with E-state index in [1.807, 2.05) is 0 Å². The first-order chi connectivity index (χ1) is 12.3. The minimum atomic E-state index is 0. The molecule has 0 amide bonds. The Labute approximate surface area is 196 Å². The SMILES string of the molecule is CCCCCCCCP(CCCCCCCC)CCCCCCCC.[SeH2].[SeH2]. The Morgan fingerprint density at radius 3 is 0.815 bits per heavy atom. The molecule has 0 aromatic rings. The molecule has 0 fully saturated rings. The summed E-state index contributed by atoms with van der Waals surface area (Å²) in [6.07, 6.45) is 31.2. The summed E-state index contributed by atoms with van der Waals surface area (Å²) in [5, 5.41) is 0. The molecule has 168 valence electrons. The van der Waals surface area contributed by atoms with Crippen molar-refractivity contribution in [1.82, 2.24) is 0 Å². The summed E-state index contributed by atoms with van der Waals surface area (Å²) < 4.78 is 0. The van der Waals surface area contributed by atoms with Crippen LogP contribution in [0.15, 0.2) is 0 Å². The van der Waals surface area contributed by atoms with Gasteiger partial charge in [-0.05, 0) is 37.7 Å². The van der Waals surface area contributed by atoms with Gasteiger partial charge in [-0.15, -0.1) is 7.92 Å². The van der Waals surface area contributed by atoms with Crippen LogP contribution in [0.5, 0.6) is 0 Å². The number of rotatable bonds is 21. The topological polar surface area (TPSA) is 0 Å². The van der Waals surface area contributed by atoms with Gasteiger partial charge >= 0.3 is 34.1 Å². The Kier molecular flexibility index (Phi) is 36.4. The van der Waals surface area contributed by atoms with Crippen molar-refractivity contribution in [2.75, 3.05) is 18.5 Å². The summed E-state index contributed by atoms with van der Waals surface area (Å²) in [6, 6.07) is 0. The molecule has 0 N–H and O–H groups in total. The van der Waals surface area contributed by atoms with Gasteiger partial charge in [0.25, 0.3) is 0 Å². The summed E-state index contributed by atoms with van der Waals surface area (Å²) in [4.78, 5) is 0. The Balaban J connectivity index is -0.00000288. The first-order valence-electron chi connectivity index (χ1n) is 12.1. The summed E-state index contributed by atoms with van der Waals surface area (Å²) in [5.74, 6) is 0. The van der Waals surface area contributed by atoms with E-state index in [0.717, 1.165) is 0 Å². The predicted molar refractivity (Wildman–Crippen MR) is 139 cm³/mol. The fourth-order valence-corrected chi connectivity index (χ4v) is 6.37. The van der Waals surface area contributed by atoms with Gasteiger partial charge in [-0.1, -0.05) is 117 Å². The molecule has 0 aliphatic rings. The van der Waals surface area contributed by atoms with Crippen molar-refractivity contribution < 1.29 is 0 Å². The van der Waals surface area contributed by atoms with Crippen LogP contribution in [0.25, 0.3) is 0 Å². The standard InChI is InChI=1S/C24H51P.2H2Se/c1-4-7-10-13-16-19-22-25(23-20-17-14-11-8-5-2)24-21-18-15-12-9-6-3;;/h4-24H2,1-3H3;2*1H2. The molecule has 0 heterocycles. The normalized spacial score (nSPS) is 10.7. The monoisotopic (exact) mass is 534 g/mol. The van der Waals surface area contributed by atoms with Gasteiger partial charge in [0.15, 0.2) is 0 Å². The third-order valence-corrected chi connectivity index (χ3v) is 8.33.